The number of nitrogens with one attached hydrogen (secondary N) is 2. The van der Waals surface area contributed by atoms with Crippen molar-refractivity contribution in [2.45, 2.75) is 55.4 Å². The third-order valence-corrected chi connectivity index (χ3v) is 5.48. The first-order valence-corrected chi connectivity index (χ1v) is 10.2. The quantitative estimate of drug-likeness (QED) is 0.501. The van der Waals surface area contributed by atoms with E-state index in [1.165, 1.54) is 24.3 Å². The van der Waals surface area contributed by atoms with E-state index in [1.54, 1.807) is 6.07 Å². The number of benzene rings is 2. The van der Waals surface area contributed by atoms with Gasteiger partial charge in [-0.3, -0.25) is 10.1 Å². The van der Waals surface area contributed by atoms with Gasteiger partial charge in [-0.1, -0.05) is 42.5 Å². The molecule has 0 aliphatic heterocycles. The maximum Gasteiger partial charge on any atom is 0.407 e. The summed E-state index contributed by atoms with van der Waals surface area (Å²) < 4.78 is 83.9. The fourth-order valence-electron chi connectivity index (χ4n) is 3.39. The lowest BCUT2D eigenvalue weighted by Gasteiger charge is -2.29. The minimum absolute atomic E-state index is 0.322. The average molecular weight is 469 g/mol. The van der Waals surface area contributed by atoms with Crippen LogP contribution in [0.1, 0.15) is 42.9 Å². The Hall–Kier alpha value is -3.06. The summed E-state index contributed by atoms with van der Waals surface area (Å²) in [4.78, 5) is 12.8. The summed E-state index contributed by atoms with van der Waals surface area (Å²) in [5.74, 6) is -5.12. The van der Waals surface area contributed by atoms with Crippen LogP contribution in [0.5, 0.6) is 0 Å². The lowest BCUT2D eigenvalue weighted by Crippen LogP contribution is -2.52. The molecule has 0 radical (unpaired) electrons. The summed E-state index contributed by atoms with van der Waals surface area (Å²) in [6.45, 7) is 0. The molecule has 1 amide bonds. The highest BCUT2D eigenvalue weighted by atomic mass is 19.4. The van der Waals surface area contributed by atoms with Crippen LogP contribution in [0.4, 0.5) is 26.3 Å². The number of alkyl halides is 5. The number of amides is 1. The van der Waals surface area contributed by atoms with Crippen molar-refractivity contribution >= 4 is 5.91 Å². The highest BCUT2D eigenvalue weighted by molar-refractivity contribution is 5.83. The second-order valence-corrected chi connectivity index (χ2v) is 8.04. The smallest absolute Gasteiger partial charge is 0.336 e. The molecule has 1 saturated carbocycles. The fourth-order valence-corrected chi connectivity index (χ4v) is 3.39. The Balaban J connectivity index is 1.84. The average Bonchev–Trinajstić information content (AvgIpc) is 3.54. The van der Waals surface area contributed by atoms with Crippen LogP contribution in [0.25, 0.3) is 0 Å². The third-order valence-electron chi connectivity index (χ3n) is 5.48. The van der Waals surface area contributed by atoms with Crippen LogP contribution in [0.15, 0.2) is 54.6 Å². The van der Waals surface area contributed by atoms with E-state index in [1.807, 2.05) is 6.07 Å². The minimum Gasteiger partial charge on any atom is -0.336 e. The molecule has 4 nitrogen and oxygen atoms in total. The maximum atomic E-state index is 14.7. The van der Waals surface area contributed by atoms with Gasteiger partial charge in [0.25, 0.3) is 5.92 Å². The largest absolute Gasteiger partial charge is 0.407 e. The zero-order chi connectivity index (χ0) is 24.3. The number of hydrogen-bond donors (Lipinski definition) is 2. The van der Waals surface area contributed by atoms with Crippen molar-refractivity contribution in [1.82, 2.24) is 10.6 Å². The molecular formula is C23H21F6N3O. The standard InChI is InChI=1S/C23H21F6N3O/c24-17-8-6-15(7-9-17)19(23(27,28)29)31-18(20(33)32-21(14-30)12-13-21)10-11-22(25,26)16-4-2-1-3-5-16/h1-9,18-19,31H,10-13H2,(H,32,33)/t18?,19-/m0/s1. The second kappa shape index (κ2) is 9.43. The Labute approximate surface area is 186 Å². The first-order chi connectivity index (χ1) is 15.5. The van der Waals surface area contributed by atoms with Gasteiger partial charge in [0, 0.05) is 12.0 Å². The van der Waals surface area contributed by atoms with Gasteiger partial charge in [-0.05, 0) is 37.0 Å². The molecule has 0 bridgehead atoms. The normalized spacial score (nSPS) is 17.0. The molecule has 0 spiro atoms. The van der Waals surface area contributed by atoms with Crippen LogP contribution in [0.2, 0.25) is 0 Å². The minimum atomic E-state index is -4.90. The SMILES string of the molecule is N#CC1(NC(=O)C(CCC(F)(F)c2ccccc2)N[C@@H](c2ccc(F)cc2)C(F)(F)F)CC1. The molecule has 1 aliphatic rings. The van der Waals surface area contributed by atoms with E-state index in [2.05, 4.69) is 10.6 Å². The van der Waals surface area contributed by atoms with Crippen LogP contribution in [-0.2, 0) is 10.7 Å². The summed E-state index contributed by atoms with van der Waals surface area (Å²) in [6, 6.07) is 8.03. The second-order valence-electron chi connectivity index (χ2n) is 8.04. The summed E-state index contributed by atoms with van der Waals surface area (Å²) in [7, 11) is 0. The van der Waals surface area contributed by atoms with Crippen molar-refractivity contribution in [3.8, 4) is 6.07 Å². The van der Waals surface area contributed by atoms with Gasteiger partial charge in [0.1, 0.15) is 17.4 Å². The number of nitrogens with zero attached hydrogens (tertiary/aromatic N) is 1. The van der Waals surface area contributed by atoms with Crippen molar-refractivity contribution in [2.24, 2.45) is 0 Å². The lowest BCUT2D eigenvalue weighted by molar-refractivity contribution is -0.161. The molecule has 0 aromatic heterocycles. The predicted octanol–water partition coefficient (Wildman–Crippen LogP) is 5.13. The van der Waals surface area contributed by atoms with Gasteiger partial charge in [0.2, 0.25) is 5.91 Å². The first-order valence-electron chi connectivity index (χ1n) is 10.2. The summed E-state index contributed by atoms with van der Waals surface area (Å²) >= 11 is 0. The number of carbonyl (C=O) groups is 1. The molecule has 0 saturated heterocycles. The number of rotatable bonds is 9. The Kier molecular flexibility index (Phi) is 7.03. The summed E-state index contributed by atoms with van der Waals surface area (Å²) in [6.07, 6.45) is -5.80. The molecule has 176 valence electrons. The van der Waals surface area contributed by atoms with Gasteiger partial charge in [-0.25, -0.2) is 13.2 Å². The van der Waals surface area contributed by atoms with Gasteiger partial charge in [-0.2, -0.15) is 18.4 Å². The van der Waals surface area contributed by atoms with E-state index in [-0.39, 0.29) is 11.1 Å². The zero-order valence-corrected chi connectivity index (χ0v) is 17.3. The van der Waals surface area contributed by atoms with Crippen LogP contribution in [0.3, 0.4) is 0 Å². The molecule has 33 heavy (non-hydrogen) atoms. The molecule has 1 aliphatic carbocycles. The molecule has 1 unspecified atom stereocenters. The van der Waals surface area contributed by atoms with Crippen LogP contribution >= 0.6 is 0 Å². The number of halogens is 6. The molecular weight excluding hydrogens is 448 g/mol. The Morgan fingerprint density at radius 3 is 2.15 bits per heavy atom. The zero-order valence-electron chi connectivity index (χ0n) is 17.3. The lowest BCUT2D eigenvalue weighted by atomic mass is 9.98. The van der Waals surface area contributed by atoms with Crippen LogP contribution in [-0.4, -0.2) is 23.7 Å². The third kappa shape index (κ3) is 6.26. The highest BCUT2D eigenvalue weighted by Crippen LogP contribution is 2.37. The topological polar surface area (TPSA) is 64.9 Å². The van der Waals surface area contributed by atoms with Crippen molar-refractivity contribution in [2.75, 3.05) is 0 Å². The Morgan fingerprint density at radius 2 is 1.64 bits per heavy atom. The van der Waals surface area contributed by atoms with Gasteiger partial charge in [-0.15, -0.1) is 0 Å². The van der Waals surface area contributed by atoms with Gasteiger partial charge in [0.05, 0.1) is 12.1 Å². The van der Waals surface area contributed by atoms with E-state index in [9.17, 15) is 36.4 Å². The number of nitriles is 1. The van der Waals surface area contributed by atoms with Crippen molar-refractivity contribution in [3.05, 3.63) is 71.5 Å². The molecule has 2 N–H and O–H groups in total. The molecule has 2 aromatic carbocycles. The van der Waals surface area contributed by atoms with E-state index in [0.717, 1.165) is 24.3 Å². The molecule has 10 heteroatoms. The van der Waals surface area contributed by atoms with Crippen molar-refractivity contribution in [3.63, 3.8) is 0 Å². The van der Waals surface area contributed by atoms with E-state index >= 15 is 0 Å². The Bertz CT molecular complexity index is 998. The van der Waals surface area contributed by atoms with Gasteiger partial charge in [0.15, 0.2) is 0 Å². The molecule has 3 rings (SSSR count). The molecule has 0 heterocycles. The summed E-state index contributed by atoms with van der Waals surface area (Å²) in [5.41, 5.74) is -1.90. The Morgan fingerprint density at radius 1 is 1.03 bits per heavy atom. The molecule has 1 fully saturated rings. The number of hydrogen-bond acceptors (Lipinski definition) is 3. The first kappa shape index (κ1) is 24.6. The van der Waals surface area contributed by atoms with Crippen molar-refractivity contribution in [1.29, 1.82) is 5.26 Å². The summed E-state index contributed by atoms with van der Waals surface area (Å²) in [5, 5.41) is 13.7. The molecule has 2 atom stereocenters. The fraction of sp³-hybridized carbons (Fsp3) is 0.391. The van der Waals surface area contributed by atoms with E-state index < -0.39 is 54.3 Å². The van der Waals surface area contributed by atoms with Crippen LogP contribution < -0.4 is 10.6 Å². The molecule has 2 aromatic rings. The van der Waals surface area contributed by atoms with Crippen LogP contribution in [0, 0.1) is 17.1 Å². The van der Waals surface area contributed by atoms with Gasteiger partial charge >= 0.3 is 6.18 Å². The van der Waals surface area contributed by atoms with E-state index in [0.29, 0.717) is 12.8 Å². The number of carbonyl (C=O) groups excluding carboxylic acids is 1. The highest BCUT2D eigenvalue weighted by Gasteiger charge is 2.48. The van der Waals surface area contributed by atoms with Gasteiger partial charge < -0.3 is 5.32 Å². The monoisotopic (exact) mass is 469 g/mol. The van der Waals surface area contributed by atoms with E-state index in [4.69, 9.17) is 0 Å². The predicted molar refractivity (Wildman–Crippen MR) is 107 cm³/mol. The maximum absolute atomic E-state index is 14.7. The van der Waals surface area contributed by atoms with Crippen molar-refractivity contribution < 1.29 is 31.1 Å².